The lowest BCUT2D eigenvalue weighted by molar-refractivity contribution is -0.385. The molecule has 0 saturated carbocycles. The summed E-state index contributed by atoms with van der Waals surface area (Å²) >= 11 is 2.00. The number of piperidine rings is 1. The van der Waals surface area contributed by atoms with Crippen LogP contribution in [0.15, 0.2) is 18.2 Å². The minimum absolute atomic E-state index is 0.0563. The summed E-state index contributed by atoms with van der Waals surface area (Å²) in [6.07, 6.45) is 2.02. The summed E-state index contributed by atoms with van der Waals surface area (Å²) in [4.78, 5) is 12.7. The highest BCUT2D eigenvalue weighted by atomic mass is 127. The Kier molecular flexibility index (Phi) is 5.55. The van der Waals surface area contributed by atoms with Crippen LogP contribution < -0.4 is 4.90 Å². The maximum atomic E-state index is 10.8. The Morgan fingerprint density at radius 2 is 2.15 bits per heavy atom. The van der Waals surface area contributed by atoms with E-state index in [1.54, 1.807) is 12.1 Å². The zero-order valence-corrected chi connectivity index (χ0v) is 13.2. The number of nitro groups is 1. The van der Waals surface area contributed by atoms with Crippen LogP contribution in [-0.4, -0.2) is 42.4 Å². The highest BCUT2D eigenvalue weighted by Crippen LogP contribution is 2.28. The molecule has 6 nitrogen and oxygen atoms in total. The van der Waals surface area contributed by atoms with Crippen LogP contribution >= 0.6 is 22.6 Å². The van der Waals surface area contributed by atoms with Crippen LogP contribution in [0.1, 0.15) is 12.8 Å². The van der Waals surface area contributed by atoms with Crippen molar-refractivity contribution in [1.82, 2.24) is 0 Å². The number of ether oxygens (including phenoxy) is 1. The van der Waals surface area contributed by atoms with Gasteiger partial charge < -0.3 is 14.7 Å². The fraction of sp³-hybridized carbons (Fsp3) is 0.538. The second kappa shape index (κ2) is 7.19. The van der Waals surface area contributed by atoms with Crippen molar-refractivity contribution < 1.29 is 14.8 Å². The summed E-state index contributed by atoms with van der Waals surface area (Å²) in [6.45, 7) is 2.18. The van der Waals surface area contributed by atoms with Gasteiger partial charge in [-0.1, -0.05) is 0 Å². The topological polar surface area (TPSA) is 75.8 Å². The highest BCUT2D eigenvalue weighted by molar-refractivity contribution is 14.1. The smallest absolute Gasteiger partial charge is 0.282 e. The Bertz CT molecular complexity index is 475. The van der Waals surface area contributed by atoms with E-state index >= 15 is 0 Å². The zero-order valence-electron chi connectivity index (χ0n) is 11.0. The number of hydrogen-bond acceptors (Lipinski definition) is 5. The van der Waals surface area contributed by atoms with Crippen LogP contribution in [0.5, 0.6) is 0 Å². The molecule has 20 heavy (non-hydrogen) atoms. The van der Waals surface area contributed by atoms with Gasteiger partial charge in [0.25, 0.3) is 5.69 Å². The Labute approximate surface area is 131 Å². The SMILES string of the molecule is O=[N+]([O-])c1ccc(N2CCC(OCCO)CC2)cc1I. The van der Waals surface area contributed by atoms with Gasteiger partial charge in [0.2, 0.25) is 0 Å². The lowest BCUT2D eigenvalue weighted by atomic mass is 10.1. The van der Waals surface area contributed by atoms with Crippen LogP contribution in [0.25, 0.3) is 0 Å². The van der Waals surface area contributed by atoms with E-state index in [0.29, 0.717) is 10.2 Å². The summed E-state index contributed by atoms with van der Waals surface area (Å²) in [5.41, 5.74) is 1.16. The van der Waals surface area contributed by atoms with Crippen LogP contribution in [0.3, 0.4) is 0 Å². The molecule has 1 aliphatic rings. The largest absolute Gasteiger partial charge is 0.394 e. The maximum absolute atomic E-state index is 10.8. The highest BCUT2D eigenvalue weighted by Gasteiger charge is 2.21. The monoisotopic (exact) mass is 392 g/mol. The number of rotatable bonds is 5. The number of nitrogens with zero attached hydrogens (tertiary/aromatic N) is 2. The van der Waals surface area contributed by atoms with E-state index in [1.807, 2.05) is 28.7 Å². The van der Waals surface area contributed by atoms with Crippen molar-refractivity contribution in [3.63, 3.8) is 0 Å². The molecule has 2 rings (SSSR count). The van der Waals surface area contributed by atoms with E-state index in [9.17, 15) is 10.1 Å². The van der Waals surface area contributed by atoms with E-state index in [2.05, 4.69) is 4.90 Å². The number of nitro benzene ring substituents is 1. The molecule has 0 radical (unpaired) electrons. The third-order valence-electron chi connectivity index (χ3n) is 3.38. The van der Waals surface area contributed by atoms with Crippen LogP contribution in [0.4, 0.5) is 11.4 Å². The molecule has 0 aromatic heterocycles. The van der Waals surface area contributed by atoms with Crippen molar-refractivity contribution in [2.24, 2.45) is 0 Å². The number of hydrogen-bond donors (Lipinski definition) is 1. The molecule has 7 heteroatoms. The van der Waals surface area contributed by atoms with Crippen molar-refractivity contribution >= 4 is 34.0 Å². The molecule has 0 amide bonds. The van der Waals surface area contributed by atoms with Crippen LogP contribution in [0.2, 0.25) is 0 Å². The summed E-state index contributed by atoms with van der Waals surface area (Å²) in [7, 11) is 0. The fourth-order valence-corrected chi connectivity index (χ4v) is 3.04. The minimum atomic E-state index is -0.361. The third-order valence-corrected chi connectivity index (χ3v) is 4.24. The number of aliphatic hydroxyl groups excluding tert-OH is 1. The van der Waals surface area contributed by atoms with Crippen LogP contribution in [0, 0.1) is 13.7 Å². The van der Waals surface area contributed by atoms with Crippen molar-refractivity contribution in [1.29, 1.82) is 0 Å². The van der Waals surface area contributed by atoms with Gasteiger partial charge in [-0.3, -0.25) is 10.1 Å². The second-order valence-corrected chi connectivity index (χ2v) is 5.84. The van der Waals surface area contributed by atoms with E-state index in [4.69, 9.17) is 9.84 Å². The van der Waals surface area contributed by atoms with Gasteiger partial charge in [0.1, 0.15) is 0 Å². The first kappa shape index (κ1) is 15.5. The standard InChI is InChI=1S/C13H17IN2O4/c14-12-9-10(1-2-13(12)16(18)19)15-5-3-11(4-6-15)20-8-7-17/h1-2,9,11,17H,3-8H2. The quantitative estimate of drug-likeness (QED) is 0.472. The van der Waals surface area contributed by atoms with Gasteiger partial charge in [-0.2, -0.15) is 0 Å². The van der Waals surface area contributed by atoms with Crippen molar-refractivity contribution in [2.75, 3.05) is 31.2 Å². The Hall–Kier alpha value is -0.930. The van der Waals surface area contributed by atoms with E-state index in [0.717, 1.165) is 31.6 Å². The number of aliphatic hydroxyl groups is 1. The van der Waals surface area contributed by atoms with E-state index < -0.39 is 0 Å². The molecule has 110 valence electrons. The van der Waals surface area contributed by atoms with Gasteiger partial charge in [-0.15, -0.1) is 0 Å². The number of benzene rings is 1. The van der Waals surface area contributed by atoms with Gasteiger partial charge in [-0.25, -0.2) is 0 Å². The molecule has 0 bridgehead atoms. The Morgan fingerprint density at radius 1 is 1.45 bits per heavy atom. The zero-order chi connectivity index (χ0) is 14.5. The summed E-state index contributed by atoms with van der Waals surface area (Å²) in [6, 6.07) is 5.22. The molecular weight excluding hydrogens is 375 g/mol. The molecule has 0 atom stereocenters. The molecule has 0 unspecified atom stereocenters. The molecule has 1 saturated heterocycles. The number of anilines is 1. The predicted molar refractivity (Wildman–Crippen MR) is 84.1 cm³/mol. The Balaban J connectivity index is 1.97. The van der Waals surface area contributed by atoms with E-state index in [-0.39, 0.29) is 23.3 Å². The lowest BCUT2D eigenvalue weighted by Crippen LogP contribution is -2.37. The molecule has 1 aromatic carbocycles. The Morgan fingerprint density at radius 3 is 2.70 bits per heavy atom. The van der Waals surface area contributed by atoms with Gasteiger partial charge in [0, 0.05) is 24.8 Å². The molecule has 1 fully saturated rings. The number of halogens is 1. The third kappa shape index (κ3) is 3.80. The first-order chi connectivity index (χ1) is 9.61. The molecule has 0 aliphatic carbocycles. The summed E-state index contributed by atoms with van der Waals surface area (Å²) < 4.78 is 6.18. The molecule has 1 aromatic rings. The predicted octanol–water partition coefficient (Wildman–Crippen LogP) is 2.18. The lowest BCUT2D eigenvalue weighted by Gasteiger charge is -2.33. The summed E-state index contributed by atoms with van der Waals surface area (Å²) in [5.74, 6) is 0. The van der Waals surface area contributed by atoms with Gasteiger partial charge in [0.15, 0.2) is 0 Å². The van der Waals surface area contributed by atoms with Gasteiger partial charge >= 0.3 is 0 Å². The average Bonchev–Trinajstić information content (AvgIpc) is 2.45. The molecule has 0 spiro atoms. The normalized spacial score (nSPS) is 16.4. The molecule has 1 N–H and O–H groups in total. The van der Waals surface area contributed by atoms with Gasteiger partial charge in [-0.05, 0) is 47.6 Å². The fourth-order valence-electron chi connectivity index (χ4n) is 2.34. The second-order valence-electron chi connectivity index (χ2n) is 4.67. The van der Waals surface area contributed by atoms with Crippen molar-refractivity contribution in [3.8, 4) is 0 Å². The minimum Gasteiger partial charge on any atom is -0.394 e. The maximum Gasteiger partial charge on any atom is 0.282 e. The molecule has 1 aliphatic heterocycles. The van der Waals surface area contributed by atoms with Crippen LogP contribution in [-0.2, 0) is 4.74 Å². The summed E-state index contributed by atoms with van der Waals surface area (Å²) in [5, 5.41) is 19.5. The first-order valence-electron chi connectivity index (χ1n) is 6.53. The van der Waals surface area contributed by atoms with Crippen molar-refractivity contribution in [2.45, 2.75) is 18.9 Å². The first-order valence-corrected chi connectivity index (χ1v) is 7.61. The van der Waals surface area contributed by atoms with Gasteiger partial charge in [0.05, 0.1) is 27.8 Å². The van der Waals surface area contributed by atoms with E-state index in [1.165, 1.54) is 0 Å². The average molecular weight is 392 g/mol. The van der Waals surface area contributed by atoms with Crippen molar-refractivity contribution in [3.05, 3.63) is 31.9 Å². The molecule has 1 heterocycles. The molecular formula is C13H17IN2O4.